The minimum Gasteiger partial charge on any atom is -0.488 e. The molecule has 5 aromatic rings. The zero-order valence-electron chi connectivity index (χ0n) is 20.2. The molecule has 0 spiro atoms. The summed E-state index contributed by atoms with van der Waals surface area (Å²) in [4.78, 5) is 13.5. The minimum atomic E-state index is -0.306. The van der Waals surface area contributed by atoms with Crippen molar-refractivity contribution in [2.45, 2.75) is 26.9 Å². The van der Waals surface area contributed by atoms with E-state index in [9.17, 15) is 9.18 Å². The van der Waals surface area contributed by atoms with Gasteiger partial charge in [-0.15, -0.1) is 10.2 Å². The van der Waals surface area contributed by atoms with E-state index < -0.39 is 0 Å². The van der Waals surface area contributed by atoms with Crippen LogP contribution in [0.5, 0.6) is 5.75 Å². The highest BCUT2D eigenvalue weighted by Crippen LogP contribution is 2.42. The van der Waals surface area contributed by atoms with Gasteiger partial charge in [-0.3, -0.25) is 10.1 Å². The highest BCUT2D eigenvalue weighted by Gasteiger charge is 2.26. The molecule has 0 unspecified atom stereocenters. The van der Waals surface area contributed by atoms with Crippen molar-refractivity contribution in [3.63, 3.8) is 0 Å². The van der Waals surface area contributed by atoms with Gasteiger partial charge in [-0.25, -0.2) is 9.07 Å². The van der Waals surface area contributed by atoms with Gasteiger partial charge in [0.05, 0.1) is 17.4 Å². The first-order valence-electron chi connectivity index (χ1n) is 11.9. The second kappa shape index (κ2) is 9.25. The number of anilines is 1. The number of nitrogens with one attached hydrogen (secondary N) is 1. The maximum Gasteiger partial charge on any atom is 0.254 e. The third kappa shape index (κ3) is 4.17. The second-order valence-corrected chi connectivity index (χ2v) is 9.85. The first-order chi connectivity index (χ1) is 18.0. The fourth-order valence-corrected chi connectivity index (χ4v) is 5.23. The number of hydrogen-bond donors (Lipinski definition) is 1. The monoisotopic (exact) mass is 511 g/mol. The number of amides is 1. The van der Waals surface area contributed by atoms with Gasteiger partial charge in [-0.1, -0.05) is 42.5 Å². The maximum atomic E-state index is 13.5. The Morgan fingerprint density at radius 2 is 1.92 bits per heavy atom. The van der Waals surface area contributed by atoms with Gasteiger partial charge in [-0.05, 0) is 54.8 Å². The van der Waals surface area contributed by atoms with Gasteiger partial charge >= 0.3 is 0 Å². The van der Waals surface area contributed by atoms with Crippen LogP contribution in [-0.4, -0.2) is 25.9 Å². The van der Waals surface area contributed by atoms with Crippen molar-refractivity contribution in [3.8, 4) is 11.4 Å². The molecule has 0 atom stereocenters. The molecule has 0 saturated carbocycles. The number of rotatable bonds is 4. The molecule has 184 valence electrons. The van der Waals surface area contributed by atoms with Gasteiger partial charge in [0.1, 0.15) is 23.2 Å². The summed E-state index contributed by atoms with van der Waals surface area (Å²) in [6.07, 6.45) is 2.27. The molecular weight excluding hydrogens is 489 g/mol. The molecule has 0 fully saturated rings. The Hall–Kier alpha value is -4.37. The van der Waals surface area contributed by atoms with Gasteiger partial charge in [0.25, 0.3) is 5.91 Å². The van der Waals surface area contributed by atoms with Crippen LogP contribution in [0.2, 0.25) is 0 Å². The molecule has 37 heavy (non-hydrogen) atoms. The van der Waals surface area contributed by atoms with Gasteiger partial charge in [0.2, 0.25) is 5.13 Å². The fourth-order valence-electron chi connectivity index (χ4n) is 4.64. The number of aromatic nitrogens is 4. The number of nitrogens with zero attached hydrogens (tertiary/aromatic N) is 4. The van der Waals surface area contributed by atoms with Crippen LogP contribution in [0.3, 0.4) is 0 Å². The quantitative estimate of drug-likeness (QED) is 0.296. The summed E-state index contributed by atoms with van der Waals surface area (Å²) in [5, 5.41) is 17.6. The molecule has 0 bridgehead atoms. The maximum absolute atomic E-state index is 13.5. The Morgan fingerprint density at radius 3 is 2.68 bits per heavy atom. The molecule has 3 aromatic carbocycles. The number of ether oxygens (including phenoxy) is 1. The third-order valence-corrected chi connectivity index (χ3v) is 7.11. The molecule has 1 aliphatic rings. The standard InChI is InChI=1S/C28H22FN5O2S/c1-3-21(27(35)31-28-33-32-16(2)37-28)26-22-7-5-4-6-17(22)15-36-25-13-24-18(12-23(25)26)14-30-34(24)20-10-8-19(29)9-11-20/h4-14H,3,15H2,1-2H3,(H,31,33,35)/b26-21+. The van der Waals surface area contributed by atoms with E-state index in [1.165, 1.54) is 23.5 Å². The zero-order chi connectivity index (χ0) is 25.5. The average Bonchev–Trinajstić information content (AvgIpc) is 3.47. The lowest BCUT2D eigenvalue weighted by Crippen LogP contribution is -2.16. The van der Waals surface area contributed by atoms with Crippen molar-refractivity contribution in [2.75, 3.05) is 5.32 Å². The molecule has 2 aromatic heterocycles. The van der Waals surface area contributed by atoms with Crippen molar-refractivity contribution in [2.24, 2.45) is 0 Å². The molecule has 1 aliphatic heterocycles. The van der Waals surface area contributed by atoms with Gasteiger partial charge in [-0.2, -0.15) is 5.10 Å². The van der Waals surface area contributed by atoms with E-state index in [2.05, 4.69) is 20.6 Å². The van der Waals surface area contributed by atoms with E-state index in [0.717, 1.165) is 43.9 Å². The largest absolute Gasteiger partial charge is 0.488 e. The van der Waals surface area contributed by atoms with Gasteiger partial charge in [0, 0.05) is 28.2 Å². The van der Waals surface area contributed by atoms with Crippen LogP contribution in [-0.2, 0) is 11.4 Å². The van der Waals surface area contributed by atoms with Gasteiger partial charge in [0.15, 0.2) is 0 Å². The van der Waals surface area contributed by atoms with Crippen LogP contribution in [0.1, 0.15) is 35.0 Å². The Kier molecular flexibility index (Phi) is 5.77. The number of aryl methyl sites for hydroxylation is 1. The molecule has 0 saturated heterocycles. The third-order valence-electron chi connectivity index (χ3n) is 6.36. The summed E-state index contributed by atoms with van der Waals surface area (Å²) in [6, 6.07) is 18.1. The topological polar surface area (TPSA) is 81.9 Å². The lowest BCUT2D eigenvalue weighted by atomic mass is 9.88. The number of carbonyl (C=O) groups is 1. The van der Waals surface area contributed by atoms with E-state index in [1.807, 2.05) is 50.2 Å². The summed E-state index contributed by atoms with van der Waals surface area (Å²) in [6.45, 7) is 4.17. The van der Waals surface area contributed by atoms with Crippen molar-refractivity contribution in [3.05, 3.63) is 99.9 Å². The fraction of sp³-hybridized carbons (Fsp3) is 0.143. The molecular formula is C28H22FN5O2S. The molecule has 1 amide bonds. The summed E-state index contributed by atoms with van der Waals surface area (Å²) in [7, 11) is 0. The molecule has 1 N–H and O–H groups in total. The van der Waals surface area contributed by atoms with Crippen LogP contribution in [0.15, 0.2) is 72.4 Å². The molecule has 9 heteroatoms. The van der Waals surface area contributed by atoms with Crippen LogP contribution >= 0.6 is 11.3 Å². The second-order valence-electron chi connectivity index (χ2n) is 8.67. The predicted molar refractivity (Wildman–Crippen MR) is 141 cm³/mol. The van der Waals surface area contributed by atoms with Crippen LogP contribution in [0, 0.1) is 12.7 Å². The number of fused-ring (bicyclic) bond motifs is 3. The molecule has 3 heterocycles. The van der Waals surface area contributed by atoms with E-state index in [-0.39, 0.29) is 11.7 Å². The van der Waals surface area contributed by atoms with Crippen molar-refractivity contribution in [1.29, 1.82) is 0 Å². The summed E-state index contributed by atoms with van der Waals surface area (Å²) in [5.41, 5.74) is 5.76. The lowest BCUT2D eigenvalue weighted by Gasteiger charge is -2.16. The molecule has 0 aliphatic carbocycles. The van der Waals surface area contributed by atoms with Gasteiger partial charge < -0.3 is 4.74 Å². The van der Waals surface area contributed by atoms with E-state index in [0.29, 0.717) is 29.5 Å². The molecule has 0 radical (unpaired) electrons. The summed E-state index contributed by atoms with van der Waals surface area (Å²) in [5.74, 6) is 0.116. The number of halogens is 1. The van der Waals surface area contributed by atoms with Crippen molar-refractivity contribution < 1.29 is 13.9 Å². The van der Waals surface area contributed by atoms with Crippen LogP contribution in [0.4, 0.5) is 9.52 Å². The Morgan fingerprint density at radius 1 is 1.11 bits per heavy atom. The van der Waals surface area contributed by atoms with Crippen molar-refractivity contribution >= 4 is 38.9 Å². The SMILES string of the molecule is CC/C(C(=O)Nc1nnc(C)s1)=C1/c2ccccc2COc2cc3c(cnn3-c3ccc(F)cc3)cc21. The Bertz CT molecular complexity index is 1690. The van der Waals surface area contributed by atoms with E-state index in [1.54, 1.807) is 23.0 Å². The van der Waals surface area contributed by atoms with Crippen molar-refractivity contribution in [1.82, 2.24) is 20.0 Å². The average molecular weight is 512 g/mol. The number of hydrogen-bond acceptors (Lipinski definition) is 6. The van der Waals surface area contributed by atoms with E-state index in [4.69, 9.17) is 4.74 Å². The summed E-state index contributed by atoms with van der Waals surface area (Å²) < 4.78 is 21.6. The smallest absolute Gasteiger partial charge is 0.254 e. The minimum absolute atomic E-state index is 0.224. The van der Waals surface area contributed by atoms with Crippen LogP contribution in [0.25, 0.3) is 22.2 Å². The Labute approximate surface area is 216 Å². The predicted octanol–water partition coefficient (Wildman–Crippen LogP) is 6.07. The first-order valence-corrected chi connectivity index (χ1v) is 12.7. The summed E-state index contributed by atoms with van der Waals surface area (Å²) >= 11 is 1.33. The highest BCUT2D eigenvalue weighted by atomic mass is 32.1. The Balaban J connectivity index is 1.55. The van der Waals surface area contributed by atoms with E-state index >= 15 is 0 Å². The zero-order valence-corrected chi connectivity index (χ0v) is 21.0. The molecule has 6 rings (SSSR count). The normalized spacial score (nSPS) is 13.9. The molecule has 7 nitrogen and oxygen atoms in total. The lowest BCUT2D eigenvalue weighted by molar-refractivity contribution is -0.112. The highest BCUT2D eigenvalue weighted by molar-refractivity contribution is 7.15. The first kappa shape index (κ1) is 23.1. The number of benzene rings is 3. The van der Waals surface area contributed by atoms with Crippen LogP contribution < -0.4 is 10.1 Å². The number of carbonyl (C=O) groups excluding carboxylic acids is 1.